The SMILES string of the molecule is CC(C)COCCCNC(=O)c1sccc1C#CCO. The summed E-state index contributed by atoms with van der Waals surface area (Å²) in [6, 6.07) is 1.79. The Kier molecular flexibility index (Phi) is 7.97. The van der Waals surface area contributed by atoms with E-state index in [0.717, 1.165) is 13.0 Å². The number of thiophene rings is 1. The molecule has 1 rings (SSSR count). The molecule has 1 amide bonds. The van der Waals surface area contributed by atoms with Crippen molar-refractivity contribution in [2.45, 2.75) is 20.3 Å². The Morgan fingerprint density at radius 3 is 3.05 bits per heavy atom. The van der Waals surface area contributed by atoms with Crippen LogP contribution in [0.2, 0.25) is 0 Å². The van der Waals surface area contributed by atoms with Gasteiger partial charge < -0.3 is 15.2 Å². The molecular formula is C15H21NO3S. The van der Waals surface area contributed by atoms with Gasteiger partial charge in [-0.05, 0) is 23.8 Å². The van der Waals surface area contributed by atoms with Crippen LogP contribution < -0.4 is 5.32 Å². The first-order chi connectivity index (χ1) is 9.65. The smallest absolute Gasteiger partial charge is 0.262 e. The molecule has 0 fully saturated rings. The zero-order valence-electron chi connectivity index (χ0n) is 11.9. The first kappa shape index (κ1) is 16.7. The van der Waals surface area contributed by atoms with Gasteiger partial charge in [0.25, 0.3) is 5.91 Å². The number of hydrogen-bond donors (Lipinski definition) is 2. The van der Waals surface area contributed by atoms with Crippen molar-refractivity contribution in [3.63, 3.8) is 0 Å². The summed E-state index contributed by atoms with van der Waals surface area (Å²) in [6.45, 7) is 5.99. The number of carbonyl (C=O) groups excluding carboxylic acids is 1. The second-order valence-corrected chi connectivity index (χ2v) is 5.62. The summed E-state index contributed by atoms with van der Waals surface area (Å²) in [4.78, 5) is 12.6. The highest BCUT2D eigenvalue weighted by molar-refractivity contribution is 7.12. The van der Waals surface area contributed by atoms with Crippen LogP contribution in [0.15, 0.2) is 11.4 Å². The van der Waals surface area contributed by atoms with Crippen LogP contribution in [-0.2, 0) is 4.74 Å². The van der Waals surface area contributed by atoms with Crippen molar-refractivity contribution >= 4 is 17.2 Å². The minimum absolute atomic E-state index is 0.119. The summed E-state index contributed by atoms with van der Waals surface area (Å²) >= 11 is 1.35. The quantitative estimate of drug-likeness (QED) is 0.596. The Balaban J connectivity index is 2.31. The van der Waals surface area contributed by atoms with Gasteiger partial charge in [-0.25, -0.2) is 0 Å². The molecule has 0 unspecified atom stereocenters. The molecule has 0 saturated heterocycles. The van der Waals surface area contributed by atoms with Crippen molar-refractivity contribution in [2.75, 3.05) is 26.4 Å². The predicted molar refractivity (Wildman–Crippen MR) is 80.9 cm³/mol. The van der Waals surface area contributed by atoms with Crippen molar-refractivity contribution in [1.82, 2.24) is 5.32 Å². The predicted octanol–water partition coefficient (Wildman–Crippen LogP) is 1.88. The molecule has 2 N–H and O–H groups in total. The highest BCUT2D eigenvalue weighted by atomic mass is 32.1. The second kappa shape index (κ2) is 9.54. The number of rotatable bonds is 7. The van der Waals surface area contributed by atoms with Gasteiger partial charge in [-0.2, -0.15) is 0 Å². The normalized spacial score (nSPS) is 10.2. The number of amides is 1. The molecule has 5 heteroatoms. The maximum atomic E-state index is 12.0. The number of ether oxygens (including phenoxy) is 1. The van der Waals surface area contributed by atoms with Crippen molar-refractivity contribution in [3.8, 4) is 11.8 Å². The molecule has 4 nitrogen and oxygen atoms in total. The summed E-state index contributed by atoms with van der Waals surface area (Å²) in [5, 5.41) is 13.3. The number of aliphatic hydroxyl groups excluding tert-OH is 1. The Bertz CT molecular complexity index is 471. The van der Waals surface area contributed by atoms with Crippen molar-refractivity contribution < 1.29 is 14.6 Å². The van der Waals surface area contributed by atoms with Gasteiger partial charge >= 0.3 is 0 Å². The van der Waals surface area contributed by atoms with E-state index in [0.29, 0.717) is 29.5 Å². The summed E-state index contributed by atoms with van der Waals surface area (Å²) < 4.78 is 5.45. The van der Waals surface area contributed by atoms with Crippen LogP contribution in [0.4, 0.5) is 0 Å². The molecule has 0 saturated carbocycles. The maximum absolute atomic E-state index is 12.0. The van der Waals surface area contributed by atoms with Crippen molar-refractivity contribution in [1.29, 1.82) is 0 Å². The summed E-state index contributed by atoms with van der Waals surface area (Å²) in [5.41, 5.74) is 0.664. The summed E-state index contributed by atoms with van der Waals surface area (Å²) in [5.74, 6) is 5.74. The number of aliphatic hydroxyl groups is 1. The van der Waals surface area contributed by atoms with Gasteiger partial charge in [-0.15, -0.1) is 11.3 Å². The van der Waals surface area contributed by atoms with E-state index in [1.165, 1.54) is 11.3 Å². The molecule has 1 heterocycles. The molecule has 110 valence electrons. The van der Waals surface area contributed by atoms with Crippen LogP contribution in [0.25, 0.3) is 0 Å². The maximum Gasteiger partial charge on any atom is 0.262 e. The fourth-order valence-electron chi connectivity index (χ4n) is 1.49. The highest BCUT2D eigenvalue weighted by Crippen LogP contribution is 2.15. The molecule has 0 atom stereocenters. The molecule has 0 aliphatic carbocycles. The van der Waals surface area contributed by atoms with E-state index in [2.05, 4.69) is 31.0 Å². The molecule has 1 aromatic rings. The minimum Gasteiger partial charge on any atom is -0.384 e. The monoisotopic (exact) mass is 295 g/mol. The first-order valence-corrected chi connectivity index (χ1v) is 7.56. The fraction of sp³-hybridized carbons (Fsp3) is 0.533. The van der Waals surface area contributed by atoms with Crippen LogP contribution in [0, 0.1) is 17.8 Å². The fourth-order valence-corrected chi connectivity index (χ4v) is 2.26. The van der Waals surface area contributed by atoms with Gasteiger partial charge in [-0.1, -0.05) is 25.7 Å². The second-order valence-electron chi connectivity index (χ2n) is 4.70. The van der Waals surface area contributed by atoms with Crippen molar-refractivity contribution in [3.05, 3.63) is 21.9 Å². The Hall–Kier alpha value is -1.35. The van der Waals surface area contributed by atoms with Crippen LogP contribution in [0.1, 0.15) is 35.5 Å². The van der Waals surface area contributed by atoms with Gasteiger partial charge in [0.1, 0.15) is 11.5 Å². The topological polar surface area (TPSA) is 58.6 Å². The lowest BCUT2D eigenvalue weighted by Gasteiger charge is -2.07. The van der Waals surface area contributed by atoms with Crippen LogP contribution in [-0.4, -0.2) is 37.4 Å². The average Bonchev–Trinajstić information content (AvgIpc) is 2.88. The minimum atomic E-state index is -0.204. The zero-order chi connectivity index (χ0) is 14.8. The third-order valence-corrected chi connectivity index (χ3v) is 3.29. The molecule has 20 heavy (non-hydrogen) atoms. The Morgan fingerprint density at radius 2 is 2.35 bits per heavy atom. The molecule has 0 radical (unpaired) electrons. The van der Waals surface area contributed by atoms with E-state index in [1.807, 2.05) is 5.38 Å². The highest BCUT2D eigenvalue weighted by Gasteiger charge is 2.10. The van der Waals surface area contributed by atoms with Gasteiger partial charge in [0, 0.05) is 25.3 Å². The first-order valence-electron chi connectivity index (χ1n) is 6.68. The van der Waals surface area contributed by atoms with Crippen LogP contribution in [0.3, 0.4) is 0 Å². The van der Waals surface area contributed by atoms with E-state index >= 15 is 0 Å². The van der Waals surface area contributed by atoms with Gasteiger partial charge in [-0.3, -0.25) is 4.79 Å². The lowest BCUT2D eigenvalue weighted by atomic mass is 10.2. The zero-order valence-corrected chi connectivity index (χ0v) is 12.8. The number of hydrogen-bond acceptors (Lipinski definition) is 4. The van der Waals surface area contributed by atoms with Crippen molar-refractivity contribution in [2.24, 2.45) is 5.92 Å². The van der Waals surface area contributed by atoms with E-state index in [4.69, 9.17) is 9.84 Å². The molecule has 0 spiro atoms. The number of carbonyl (C=O) groups is 1. The third-order valence-electron chi connectivity index (χ3n) is 2.38. The van der Waals surface area contributed by atoms with Gasteiger partial charge in [0.15, 0.2) is 0 Å². The average molecular weight is 295 g/mol. The summed E-state index contributed by atoms with van der Waals surface area (Å²) in [7, 11) is 0. The van der Waals surface area contributed by atoms with E-state index in [-0.39, 0.29) is 12.5 Å². The van der Waals surface area contributed by atoms with Gasteiger partial charge in [0.05, 0.1) is 0 Å². The van der Waals surface area contributed by atoms with E-state index < -0.39 is 0 Å². The molecule has 0 aromatic carbocycles. The Labute approximate surface area is 124 Å². The van der Waals surface area contributed by atoms with Crippen LogP contribution in [0.5, 0.6) is 0 Å². The molecule has 0 aliphatic heterocycles. The largest absolute Gasteiger partial charge is 0.384 e. The lowest BCUT2D eigenvalue weighted by Crippen LogP contribution is -2.25. The summed E-state index contributed by atoms with van der Waals surface area (Å²) in [6.07, 6.45) is 0.793. The van der Waals surface area contributed by atoms with E-state index in [1.54, 1.807) is 6.07 Å². The molecule has 0 bridgehead atoms. The third kappa shape index (κ3) is 6.20. The van der Waals surface area contributed by atoms with Crippen LogP contribution >= 0.6 is 11.3 Å². The molecule has 0 aliphatic rings. The van der Waals surface area contributed by atoms with E-state index in [9.17, 15) is 4.79 Å². The Morgan fingerprint density at radius 1 is 1.55 bits per heavy atom. The lowest BCUT2D eigenvalue weighted by molar-refractivity contribution is 0.0928. The van der Waals surface area contributed by atoms with Gasteiger partial charge in [0.2, 0.25) is 0 Å². The number of nitrogens with one attached hydrogen (secondary N) is 1. The standard InChI is InChI=1S/C15H21NO3S/c1-12(2)11-19-9-4-7-16-15(18)14-13(5-3-8-17)6-10-20-14/h6,10,12,17H,4,7-9,11H2,1-2H3,(H,16,18). The molecular weight excluding hydrogens is 274 g/mol. The molecule has 1 aromatic heterocycles.